The van der Waals surface area contributed by atoms with Gasteiger partial charge in [-0.05, 0) is 26.9 Å². The first-order valence-corrected chi connectivity index (χ1v) is 7.13. The molecule has 1 aliphatic heterocycles. The molecule has 3 unspecified atom stereocenters. The topological polar surface area (TPSA) is 71.4 Å². The molecule has 1 saturated heterocycles. The SMILES string of the molecule is CN1CCN(C)C(c2noc(C3CCCC3N)n2)C1. The second-order valence-electron chi connectivity index (χ2n) is 5.95. The van der Waals surface area contributed by atoms with Crippen LogP contribution in [-0.4, -0.2) is 59.7 Å². The Morgan fingerprint density at radius 1 is 1.26 bits per heavy atom. The molecule has 1 saturated carbocycles. The van der Waals surface area contributed by atoms with Crippen LogP contribution in [0.15, 0.2) is 4.52 Å². The molecular weight excluding hydrogens is 242 g/mol. The summed E-state index contributed by atoms with van der Waals surface area (Å²) in [6, 6.07) is 0.411. The van der Waals surface area contributed by atoms with Crippen molar-refractivity contribution in [3.05, 3.63) is 11.7 Å². The predicted octanol–water partition coefficient (Wildman–Crippen LogP) is 0.583. The number of rotatable bonds is 2. The van der Waals surface area contributed by atoms with Crippen molar-refractivity contribution in [2.24, 2.45) is 5.73 Å². The summed E-state index contributed by atoms with van der Waals surface area (Å²) in [5.74, 6) is 1.80. The lowest BCUT2D eigenvalue weighted by Crippen LogP contribution is -2.45. The molecule has 2 fully saturated rings. The monoisotopic (exact) mass is 265 g/mol. The Kier molecular flexibility index (Phi) is 3.56. The molecule has 0 spiro atoms. The Labute approximate surface area is 113 Å². The first-order chi connectivity index (χ1) is 9.15. The number of nitrogens with zero attached hydrogens (tertiary/aromatic N) is 4. The highest BCUT2D eigenvalue weighted by Crippen LogP contribution is 2.33. The van der Waals surface area contributed by atoms with E-state index in [-0.39, 0.29) is 18.0 Å². The van der Waals surface area contributed by atoms with Gasteiger partial charge < -0.3 is 15.2 Å². The molecule has 0 radical (unpaired) electrons. The summed E-state index contributed by atoms with van der Waals surface area (Å²) >= 11 is 0. The Balaban J connectivity index is 1.76. The molecule has 0 aromatic carbocycles. The van der Waals surface area contributed by atoms with Crippen LogP contribution in [0, 0.1) is 0 Å². The molecule has 6 heteroatoms. The third kappa shape index (κ3) is 2.52. The first kappa shape index (κ1) is 13.0. The minimum absolute atomic E-state index is 0.181. The summed E-state index contributed by atoms with van der Waals surface area (Å²) in [7, 11) is 4.25. The van der Waals surface area contributed by atoms with Gasteiger partial charge in [0.1, 0.15) is 0 Å². The Bertz CT molecular complexity index is 434. The molecule has 1 aromatic heterocycles. The maximum atomic E-state index is 6.10. The number of nitrogens with two attached hydrogens (primary N) is 1. The highest BCUT2D eigenvalue weighted by atomic mass is 16.5. The first-order valence-electron chi connectivity index (χ1n) is 7.13. The quantitative estimate of drug-likeness (QED) is 0.843. The van der Waals surface area contributed by atoms with Gasteiger partial charge in [-0.1, -0.05) is 11.6 Å². The zero-order valence-electron chi connectivity index (χ0n) is 11.7. The fourth-order valence-electron chi connectivity index (χ4n) is 3.12. The molecule has 19 heavy (non-hydrogen) atoms. The van der Waals surface area contributed by atoms with Gasteiger partial charge in [-0.3, -0.25) is 4.90 Å². The van der Waals surface area contributed by atoms with E-state index >= 15 is 0 Å². The average molecular weight is 265 g/mol. The van der Waals surface area contributed by atoms with Crippen LogP contribution in [0.5, 0.6) is 0 Å². The van der Waals surface area contributed by atoms with Crippen molar-refractivity contribution in [2.75, 3.05) is 33.7 Å². The second kappa shape index (κ2) is 5.19. The molecule has 2 heterocycles. The van der Waals surface area contributed by atoms with Crippen molar-refractivity contribution >= 4 is 0 Å². The van der Waals surface area contributed by atoms with E-state index in [1.54, 1.807) is 0 Å². The van der Waals surface area contributed by atoms with Crippen LogP contribution in [0.1, 0.15) is 42.9 Å². The molecule has 2 N–H and O–H groups in total. The predicted molar refractivity (Wildman–Crippen MR) is 71.7 cm³/mol. The van der Waals surface area contributed by atoms with E-state index in [9.17, 15) is 0 Å². The lowest BCUT2D eigenvalue weighted by Gasteiger charge is -2.35. The molecule has 0 amide bonds. The maximum absolute atomic E-state index is 6.10. The minimum Gasteiger partial charge on any atom is -0.339 e. The van der Waals surface area contributed by atoms with Crippen molar-refractivity contribution < 1.29 is 4.52 Å². The van der Waals surface area contributed by atoms with Gasteiger partial charge >= 0.3 is 0 Å². The van der Waals surface area contributed by atoms with Gasteiger partial charge in [0, 0.05) is 25.7 Å². The highest BCUT2D eigenvalue weighted by molar-refractivity contribution is 5.05. The van der Waals surface area contributed by atoms with Crippen LogP contribution in [0.2, 0.25) is 0 Å². The standard InChI is InChI=1S/C13H23N5O/c1-17-6-7-18(2)11(8-17)12-15-13(19-16-12)9-4-3-5-10(9)14/h9-11H,3-8,14H2,1-2H3. The third-order valence-electron chi connectivity index (χ3n) is 4.49. The number of hydrogen-bond donors (Lipinski definition) is 1. The van der Waals surface area contributed by atoms with Crippen LogP contribution in [0.4, 0.5) is 0 Å². The molecule has 1 aromatic rings. The summed E-state index contributed by atoms with van der Waals surface area (Å²) in [6.45, 7) is 3.07. The third-order valence-corrected chi connectivity index (χ3v) is 4.49. The van der Waals surface area contributed by atoms with E-state index in [1.165, 1.54) is 0 Å². The zero-order chi connectivity index (χ0) is 13.4. The van der Waals surface area contributed by atoms with E-state index in [0.29, 0.717) is 0 Å². The van der Waals surface area contributed by atoms with E-state index in [4.69, 9.17) is 10.3 Å². The van der Waals surface area contributed by atoms with E-state index < -0.39 is 0 Å². The van der Waals surface area contributed by atoms with Gasteiger partial charge in [-0.2, -0.15) is 4.98 Å². The van der Waals surface area contributed by atoms with Crippen molar-refractivity contribution in [2.45, 2.75) is 37.3 Å². The molecular formula is C13H23N5O. The summed E-state index contributed by atoms with van der Waals surface area (Å²) in [4.78, 5) is 9.23. The molecule has 0 bridgehead atoms. The van der Waals surface area contributed by atoms with Crippen LogP contribution >= 0.6 is 0 Å². The number of likely N-dealkylation sites (N-methyl/N-ethyl adjacent to an activating group) is 2. The van der Waals surface area contributed by atoms with E-state index in [1.807, 2.05) is 0 Å². The second-order valence-corrected chi connectivity index (χ2v) is 5.95. The Morgan fingerprint density at radius 2 is 2.11 bits per heavy atom. The molecule has 1 aliphatic carbocycles. The van der Waals surface area contributed by atoms with Gasteiger partial charge in [0.2, 0.25) is 5.89 Å². The Morgan fingerprint density at radius 3 is 2.84 bits per heavy atom. The van der Waals surface area contributed by atoms with Gasteiger partial charge in [-0.25, -0.2) is 0 Å². The minimum atomic E-state index is 0.181. The molecule has 6 nitrogen and oxygen atoms in total. The van der Waals surface area contributed by atoms with E-state index in [0.717, 1.165) is 50.6 Å². The van der Waals surface area contributed by atoms with Gasteiger partial charge in [-0.15, -0.1) is 0 Å². The number of piperazine rings is 1. The van der Waals surface area contributed by atoms with Crippen molar-refractivity contribution in [3.63, 3.8) is 0 Å². The van der Waals surface area contributed by atoms with Crippen LogP contribution in [-0.2, 0) is 0 Å². The molecule has 3 rings (SSSR count). The van der Waals surface area contributed by atoms with E-state index in [2.05, 4.69) is 34.0 Å². The van der Waals surface area contributed by atoms with Crippen molar-refractivity contribution in [3.8, 4) is 0 Å². The summed E-state index contributed by atoms with van der Waals surface area (Å²) in [5.41, 5.74) is 6.10. The highest BCUT2D eigenvalue weighted by Gasteiger charge is 2.33. The lowest BCUT2D eigenvalue weighted by atomic mass is 10.0. The summed E-state index contributed by atoms with van der Waals surface area (Å²) < 4.78 is 5.47. The number of aromatic nitrogens is 2. The maximum Gasteiger partial charge on any atom is 0.231 e. The fourth-order valence-corrected chi connectivity index (χ4v) is 3.12. The summed E-state index contributed by atoms with van der Waals surface area (Å²) in [5, 5.41) is 4.19. The lowest BCUT2D eigenvalue weighted by molar-refractivity contribution is 0.108. The number of hydrogen-bond acceptors (Lipinski definition) is 6. The largest absolute Gasteiger partial charge is 0.339 e. The summed E-state index contributed by atoms with van der Waals surface area (Å²) in [6.07, 6.45) is 3.30. The Hall–Kier alpha value is -0.980. The molecule has 106 valence electrons. The van der Waals surface area contributed by atoms with Crippen molar-refractivity contribution in [1.82, 2.24) is 19.9 Å². The van der Waals surface area contributed by atoms with Crippen LogP contribution in [0.3, 0.4) is 0 Å². The molecule has 3 atom stereocenters. The van der Waals surface area contributed by atoms with Gasteiger partial charge in [0.05, 0.1) is 12.0 Å². The van der Waals surface area contributed by atoms with Crippen molar-refractivity contribution in [1.29, 1.82) is 0 Å². The normalized spacial score (nSPS) is 33.9. The van der Waals surface area contributed by atoms with Gasteiger partial charge in [0.25, 0.3) is 0 Å². The average Bonchev–Trinajstić information content (AvgIpc) is 3.00. The fraction of sp³-hybridized carbons (Fsp3) is 0.846. The van der Waals surface area contributed by atoms with Crippen LogP contribution < -0.4 is 5.73 Å². The molecule has 2 aliphatic rings. The van der Waals surface area contributed by atoms with Gasteiger partial charge in [0.15, 0.2) is 5.82 Å². The van der Waals surface area contributed by atoms with Crippen LogP contribution in [0.25, 0.3) is 0 Å². The zero-order valence-corrected chi connectivity index (χ0v) is 11.7. The smallest absolute Gasteiger partial charge is 0.231 e.